The Morgan fingerprint density at radius 1 is 1.20 bits per heavy atom. The minimum absolute atomic E-state index is 0.0200. The van der Waals surface area contributed by atoms with Gasteiger partial charge >= 0.3 is 0 Å². The molecule has 0 aliphatic carbocycles. The number of nitrogens with zero attached hydrogens (tertiary/aromatic N) is 1. The molecule has 0 radical (unpaired) electrons. The van der Waals surface area contributed by atoms with E-state index in [1.807, 2.05) is 12.1 Å². The number of carbonyl (C=O) groups excluding carboxylic acids is 1. The Labute approximate surface area is 147 Å². The predicted octanol–water partition coefficient (Wildman–Crippen LogP) is 3.15. The molecular weight excluding hydrogens is 314 g/mol. The summed E-state index contributed by atoms with van der Waals surface area (Å²) in [5.74, 6) is 0.0200. The third-order valence-corrected chi connectivity index (χ3v) is 4.86. The van der Waals surface area contributed by atoms with Gasteiger partial charge in [0, 0.05) is 40.6 Å². The monoisotopic (exact) mass is 337 g/mol. The number of carbonyl (C=O) groups is 1. The maximum Gasteiger partial charge on any atom is 0.238 e. The van der Waals surface area contributed by atoms with Crippen molar-refractivity contribution in [2.45, 2.75) is 13.3 Å². The first-order valence-electron chi connectivity index (χ1n) is 8.88. The van der Waals surface area contributed by atoms with Crippen LogP contribution in [0.3, 0.4) is 0 Å². The Kier molecular flexibility index (Phi) is 4.42. The molecule has 0 spiro atoms. The Balaban J connectivity index is 1.56. The molecule has 1 amide bonds. The van der Waals surface area contributed by atoms with Crippen molar-refractivity contribution in [3.8, 4) is 0 Å². The highest BCUT2D eigenvalue weighted by Gasteiger charge is 2.14. The van der Waals surface area contributed by atoms with Gasteiger partial charge < -0.3 is 15.0 Å². The number of fused-ring (bicyclic) bond motifs is 3. The number of aromatic amines is 1. The van der Waals surface area contributed by atoms with Gasteiger partial charge in [-0.15, -0.1) is 0 Å². The molecule has 0 atom stereocenters. The zero-order valence-electron chi connectivity index (χ0n) is 14.5. The van der Waals surface area contributed by atoms with Crippen LogP contribution in [0, 0.1) is 0 Å². The largest absolute Gasteiger partial charge is 0.379 e. The van der Waals surface area contributed by atoms with Gasteiger partial charge in [-0.2, -0.15) is 0 Å². The molecule has 5 nitrogen and oxygen atoms in total. The van der Waals surface area contributed by atoms with Gasteiger partial charge in [-0.25, -0.2) is 0 Å². The van der Waals surface area contributed by atoms with Gasteiger partial charge in [0.25, 0.3) is 0 Å². The molecule has 2 aromatic carbocycles. The summed E-state index contributed by atoms with van der Waals surface area (Å²) in [4.78, 5) is 17.9. The third-order valence-electron chi connectivity index (χ3n) is 4.86. The van der Waals surface area contributed by atoms with Crippen molar-refractivity contribution in [1.29, 1.82) is 0 Å². The highest BCUT2D eigenvalue weighted by atomic mass is 16.5. The third kappa shape index (κ3) is 3.25. The minimum Gasteiger partial charge on any atom is -0.379 e. The van der Waals surface area contributed by atoms with Crippen LogP contribution in [0.4, 0.5) is 5.69 Å². The Hall–Kier alpha value is -2.37. The van der Waals surface area contributed by atoms with E-state index in [0.717, 1.165) is 30.7 Å². The Morgan fingerprint density at radius 3 is 2.84 bits per heavy atom. The first-order chi connectivity index (χ1) is 12.2. The van der Waals surface area contributed by atoms with Gasteiger partial charge in [-0.1, -0.05) is 31.2 Å². The number of aromatic nitrogens is 1. The molecule has 130 valence electrons. The number of ether oxygens (including phenoxy) is 1. The highest BCUT2D eigenvalue weighted by molar-refractivity contribution is 6.09. The van der Waals surface area contributed by atoms with E-state index in [0.29, 0.717) is 19.8 Å². The molecule has 0 unspecified atom stereocenters. The summed E-state index contributed by atoms with van der Waals surface area (Å²) in [5, 5.41) is 5.44. The van der Waals surface area contributed by atoms with Crippen molar-refractivity contribution in [3.63, 3.8) is 0 Å². The average molecular weight is 337 g/mol. The zero-order chi connectivity index (χ0) is 17.2. The van der Waals surface area contributed by atoms with E-state index in [1.54, 1.807) is 0 Å². The molecule has 0 saturated carbocycles. The summed E-state index contributed by atoms with van der Waals surface area (Å²) in [6.45, 7) is 5.61. The Bertz CT molecular complexity index is 910. The number of anilines is 1. The average Bonchev–Trinajstić information content (AvgIpc) is 3.00. The zero-order valence-corrected chi connectivity index (χ0v) is 14.5. The van der Waals surface area contributed by atoms with Crippen molar-refractivity contribution in [2.24, 2.45) is 0 Å². The topological polar surface area (TPSA) is 57.4 Å². The van der Waals surface area contributed by atoms with Crippen molar-refractivity contribution in [3.05, 3.63) is 42.0 Å². The maximum atomic E-state index is 12.3. The van der Waals surface area contributed by atoms with E-state index in [1.165, 1.54) is 21.9 Å². The molecule has 0 bridgehead atoms. The standard InChI is InChI=1S/C20H23N3O2/c1-2-14-4-3-5-17-16-7-6-15(12-18(16)22-20(14)17)21-19(24)13-23-8-10-25-11-9-23/h3-7,12,22H,2,8-11,13H2,1H3,(H,21,24). The lowest BCUT2D eigenvalue weighted by molar-refractivity contribution is -0.118. The molecule has 1 aliphatic rings. The molecule has 1 aromatic heterocycles. The summed E-state index contributed by atoms with van der Waals surface area (Å²) in [6, 6.07) is 12.5. The molecule has 25 heavy (non-hydrogen) atoms. The summed E-state index contributed by atoms with van der Waals surface area (Å²) in [5.41, 5.74) is 4.39. The molecule has 4 rings (SSSR count). The van der Waals surface area contributed by atoms with Gasteiger partial charge in [0.2, 0.25) is 5.91 Å². The first-order valence-corrected chi connectivity index (χ1v) is 8.88. The summed E-state index contributed by atoms with van der Waals surface area (Å²) >= 11 is 0. The Morgan fingerprint density at radius 2 is 2.04 bits per heavy atom. The van der Waals surface area contributed by atoms with Gasteiger partial charge in [0.05, 0.1) is 19.8 Å². The first kappa shape index (κ1) is 16.1. The number of benzene rings is 2. The van der Waals surface area contributed by atoms with Crippen LogP contribution in [0.15, 0.2) is 36.4 Å². The number of para-hydroxylation sites is 1. The van der Waals surface area contributed by atoms with Crippen molar-refractivity contribution >= 4 is 33.4 Å². The summed E-state index contributed by atoms with van der Waals surface area (Å²) in [6.07, 6.45) is 0.993. The molecule has 2 heterocycles. The lowest BCUT2D eigenvalue weighted by Crippen LogP contribution is -2.41. The highest BCUT2D eigenvalue weighted by Crippen LogP contribution is 2.29. The quantitative estimate of drug-likeness (QED) is 0.769. The smallest absolute Gasteiger partial charge is 0.238 e. The second-order valence-electron chi connectivity index (χ2n) is 6.52. The van der Waals surface area contributed by atoms with Crippen LogP contribution in [0.5, 0.6) is 0 Å². The lowest BCUT2D eigenvalue weighted by atomic mass is 10.1. The van der Waals surface area contributed by atoms with E-state index in [-0.39, 0.29) is 5.91 Å². The SMILES string of the molecule is CCc1cccc2c1[nH]c1cc(NC(=O)CN3CCOCC3)ccc12. The van der Waals surface area contributed by atoms with Crippen LogP contribution >= 0.6 is 0 Å². The number of H-pyrrole nitrogens is 1. The molecule has 2 N–H and O–H groups in total. The number of hydrogen-bond donors (Lipinski definition) is 2. The van der Waals surface area contributed by atoms with Crippen LogP contribution in [0.2, 0.25) is 0 Å². The fraction of sp³-hybridized carbons (Fsp3) is 0.350. The molecule has 1 saturated heterocycles. The second kappa shape index (κ2) is 6.86. The van der Waals surface area contributed by atoms with Crippen LogP contribution in [-0.2, 0) is 16.0 Å². The molecular formula is C20H23N3O2. The second-order valence-corrected chi connectivity index (χ2v) is 6.52. The minimum atomic E-state index is 0.0200. The van der Waals surface area contributed by atoms with E-state index in [2.05, 4.69) is 46.4 Å². The number of nitrogens with one attached hydrogen (secondary N) is 2. The van der Waals surface area contributed by atoms with Crippen molar-refractivity contribution in [2.75, 3.05) is 38.2 Å². The number of morpholine rings is 1. The van der Waals surface area contributed by atoms with Crippen molar-refractivity contribution in [1.82, 2.24) is 9.88 Å². The van der Waals surface area contributed by atoms with Gasteiger partial charge in [-0.05, 0) is 24.1 Å². The van der Waals surface area contributed by atoms with Crippen LogP contribution in [0.25, 0.3) is 21.8 Å². The predicted molar refractivity (Wildman–Crippen MR) is 101 cm³/mol. The maximum absolute atomic E-state index is 12.3. The summed E-state index contributed by atoms with van der Waals surface area (Å²) < 4.78 is 5.32. The molecule has 5 heteroatoms. The molecule has 1 aliphatic heterocycles. The normalized spacial score (nSPS) is 15.7. The van der Waals surface area contributed by atoms with Crippen LogP contribution < -0.4 is 5.32 Å². The molecule has 3 aromatic rings. The van der Waals surface area contributed by atoms with Gasteiger partial charge in [-0.3, -0.25) is 9.69 Å². The van der Waals surface area contributed by atoms with Gasteiger partial charge in [0.1, 0.15) is 0 Å². The van der Waals surface area contributed by atoms with Gasteiger partial charge in [0.15, 0.2) is 0 Å². The fourth-order valence-electron chi connectivity index (χ4n) is 3.52. The van der Waals surface area contributed by atoms with Crippen LogP contribution in [-0.4, -0.2) is 48.6 Å². The summed E-state index contributed by atoms with van der Waals surface area (Å²) in [7, 11) is 0. The number of hydrogen-bond acceptors (Lipinski definition) is 3. The number of aryl methyl sites for hydroxylation is 1. The van der Waals surface area contributed by atoms with Crippen LogP contribution in [0.1, 0.15) is 12.5 Å². The number of amides is 1. The van der Waals surface area contributed by atoms with Crippen molar-refractivity contribution < 1.29 is 9.53 Å². The fourth-order valence-corrected chi connectivity index (χ4v) is 3.52. The number of rotatable bonds is 4. The molecule has 1 fully saturated rings. The van der Waals surface area contributed by atoms with E-state index < -0.39 is 0 Å². The lowest BCUT2D eigenvalue weighted by Gasteiger charge is -2.25. The van der Waals surface area contributed by atoms with E-state index >= 15 is 0 Å². The van der Waals surface area contributed by atoms with E-state index in [4.69, 9.17) is 4.74 Å². The van der Waals surface area contributed by atoms with E-state index in [9.17, 15) is 4.79 Å².